The van der Waals surface area contributed by atoms with E-state index in [4.69, 9.17) is 10.3 Å². The van der Waals surface area contributed by atoms with E-state index in [1.54, 1.807) is 10.9 Å². The smallest absolute Gasteiger partial charge is 0.280 e. The molecule has 0 radical (unpaired) electrons. The Labute approximate surface area is 145 Å². The lowest BCUT2D eigenvalue weighted by Gasteiger charge is -2.17. The summed E-state index contributed by atoms with van der Waals surface area (Å²) >= 11 is 0. The summed E-state index contributed by atoms with van der Waals surface area (Å²) in [7, 11) is 0. The molecule has 0 amide bonds. The van der Waals surface area contributed by atoms with Crippen molar-refractivity contribution in [2.45, 2.75) is 38.1 Å². The summed E-state index contributed by atoms with van der Waals surface area (Å²) in [5, 5.41) is 12.3. The molecule has 1 aliphatic rings. The van der Waals surface area contributed by atoms with Crippen LogP contribution in [0.3, 0.4) is 0 Å². The van der Waals surface area contributed by atoms with Crippen LogP contribution in [0.25, 0.3) is 17.3 Å². The predicted octanol–water partition coefficient (Wildman–Crippen LogP) is 2.78. The molecular formula is C16H19ClN6O. The van der Waals surface area contributed by atoms with Gasteiger partial charge in [-0.2, -0.15) is 4.98 Å². The van der Waals surface area contributed by atoms with E-state index in [2.05, 4.69) is 20.5 Å². The molecule has 0 bridgehead atoms. The molecule has 126 valence electrons. The number of rotatable bonds is 3. The molecule has 1 saturated carbocycles. The van der Waals surface area contributed by atoms with Crippen molar-refractivity contribution in [2.24, 2.45) is 5.73 Å². The van der Waals surface area contributed by atoms with Crippen LogP contribution < -0.4 is 5.73 Å². The molecule has 0 saturated heterocycles. The number of halogens is 1. The molecule has 0 spiro atoms. The van der Waals surface area contributed by atoms with E-state index in [1.807, 2.05) is 31.2 Å². The van der Waals surface area contributed by atoms with Crippen LogP contribution in [0.1, 0.15) is 37.1 Å². The zero-order valence-electron chi connectivity index (χ0n) is 13.3. The van der Waals surface area contributed by atoms with Gasteiger partial charge < -0.3 is 10.3 Å². The summed E-state index contributed by atoms with van der Waals surface area (Å²) in [5.74, 6) is 0.922. The Hall–Kier alpha value is -2.25. The molecular weight excluding hydrogens is 328 g/mol. The monoisotopic (exact) mass is 346 g/mol. The van der Waals surface area contributed by atoms with Crippen LogP contribution in [0.2, 0.25) is 0 Å². The van der Waals surface area contributed by atoms with Crippen LogP contribution >= 0.6 is 12.4 Å². The first-order valence-electron chi connectivity index (χ1n) is 7.77. The first-order valence-corrected chi connectivity index (χ1v) is 7.77. The Morgan fingerprint density at radius 2 is 2.04 bits per heavy atom. The lowest BCUT2D eigenvalue weighted by molar-refractivity contribution is 0.372. The molecule has 8 heteroatoms. The van der Waals surface area contributed by atoms with Crippen molar-refractivity contribution in [1.82, 2.24) is 25.1 Å². The lowest BCUT2D eigenvalue weighted by atomic mass is 9.99. The van der Waals surface area contributed by atoms with Crippen LogP contribution in [-0.4, -0.2) is 25.1 Å². The lowest BCUT2D eigenvalue weighted by Crippen LogP contribution is -2.34. The minimum absolute atomic E-state index is 0. The third-order valence-electron chi connectivity index (χ3n) is 4.35. The molecule has 1 aliphatic carbocycles. The molecule has 1 fully saturated rings. The summed E-state index contributed by atoms with van der Waals surface area (Å²) in [5.41, 5.74) is 8.54. The number of benzene rings is 1. The summed E-state index contributed by atoms with van der Waals surface area (Å²) in [6.45, 7) is 2.04. The fraction of sp³-hybridized carbons (Fsp3) is 0.375. The molecule has 2 heterocycles. The van der Waals surface area contributed by atoms with Crippen molar-refractivity contribution in [2.75, 3.05) is 0 Å². The maximum absolute atomic E-state index is 6.36. The van der Waals surface area contributed by atoms with Crippen LogP contribution in [-0.2, 0) is 5.54 Å². The third-order valence-corrected chi connectivity index (χ3v) is 4.35. The molecule has 2 aromatic heterocycles. The summed E-state index contributed by atoms with van der Waals surface area (Å²) in [6.07, 6.45) is 5.77. The van der Waals surface area contributed by atoms with Crippen LogP contribution in [0, 0.1) is 6.92 Å². The van der Waals surface area contributed by atoms with Gasteiger partial charge >= 0.3 is 0 Å². The Kier molecular flexibility index (Phi) is 4.38. The minimum Gasteiger partial charge on any atom is -0.332 e. The first-order chi connectivity index (χ1) is 11.1. The Bertz CT molecular complexity index is 836. The van der Waals surface area contributed by atoms with Crippen LogP contribution in [0.4, 0.5) is 0 Å². The van der Waals surface area contributed by atoms with Gasteiger partial charge in [-0.15, -0.1) is 17.5 Å². The predicted molar refractivity (Wildman–Crippen MR) is 91.0 cm³/mol. The minimum atomic E-state index is -0.464. The van der Waals surface area contributed by atoms with Gasteiger partial charge in [0.2, 0.25) is 0 Å². The van der Waals surface area contributed by atoms with E-state index >= 15 is 0 Å². The molecule has 3 aromatic rings. The van der Waals surface area contributed by atoms with Gasteiger partial charge in [0.25, 0.3) is 5.89 Å². The van der Waals surface area contributed by atoms with E-state index in [-0.39, 0.29) is 12.4 Å². The van der Waals surface area contributed by atoms with Crippen molar-refractivity contribution < 1.29 is 4.52 Å². The molecule has 1 aromatic carbocycles. The average molecular weight is 347 g/mol. The Morgan fingerprint density at radius 3 is 2.79 bits per heavy atom. The first kappa shape index (κ1) is 16.6. The third kappa shape index (κ3) is 2.92. The van der Waals surface area contributed by atoms with E-state index in [9.17, 15) is 0 Å². The largest absolute Gasteiger partial charge is 0.332 e. The number of aryl methyl sites for hydroxylation is 1. The molecule has 0 aliphatic heterocycles. The highest BCUT2D eigenvalue weighted by molar-refractivity contribution is 5.85. The van der Waals surface area contributed by atoms with Crippen molar-refractivity contribution in [3.63, 3.8) is 0 Å². The number of hydrogen-bond donors (Lipinski definition) is 1. The van der Waals surface area contributed by atoms with Gasteiger partial charge in [-0.25, -0.2) is 4.68 Å². The Balaban J connectivity index is 0.00000169. The van der Waals surface area contributed by atoms with Gasteiger partial charge in [0.15, 0.2) is 11.5 Å². The molecule has 7 nitrogen and oxygen atoms in total. The van der Waals surface area contributed by atoms with E-state index < -0.39 is 5.54 Å². The number of nitrogens with two attached hydrogens (primary N) is 1. The van der Waals surface area contributed by atoms with Crippen molar-refractivity contribution in [3.8, 4) is 17.3 Å². The SMILES string of the molecule is Cc1cccc(-n2cc(-c3nc(C4(N)CCCC4)no3)nn2)c1.Cl. The second-order valence-electron chi connectivity index (χ2n) is 6.17. The molecule has 0 unspecified atom stereocenters. The number of aromatic nitrogens is 5. The second-order valence-corrected chi connectivity index (χ2v) is 6.17. The standard InChI is InChI=1S/C16H18N6O.ClH/c1-11-5-4-6-12(9-11)22-10-13(19-21-22)14-18-15(20-23-14)16(17)7-2-3-8-16;/h4-6,9-10H,2-3,7-8,17H2,1H3;1H. The van der Waals surface area contributed by atoms with Crippen molar-refractivity contribution in [1.29, 1.82) is 0 Å². The topological polar surface area (TPSA) is 95.7 Å². The van der Waals surface area contributed by atoms with Gasteiger partial charge in [0.1, 0.15) is 0 Å². The highest BCUT2D eigenvalue weighted by Gasteiger charge is 2.36. The molecule has 2 N–H and O–H groups in total. The van der Waals surface area contributed by atoms with E-state index in [0.29, 0.717) is 17.4 Å². The second kappa shape index (κ2) is 6.33. The average Bonchev–Trinajstić information content (AvgIpc) is 3.27. The van der Waals surface area contributed by atoms with E-state index in [1.165, 1.54) is 0 Å². The van der Waals surface area contributed by atoms with E-state index in [0.717, 1.165) is 36.9 Å². The Morgan fingerprint density at radius 1 is 1.25 bits per heavy atom. The van der Waals surface area contributed by atoms with Gasteiger partial charge in [-0.1, -0.05) is 35.3 Å². The zero-order valence-corrected chi connectivity index (χ0v) is 14.2. The van der Waals surface area contributed by atoms with Gasteiger partial charge in [0.05, 0.1) is 17.4 Å². The van der Waals surface area contributed by atoms with Crippen LogP contribution in [0.15, 0.2) is 35.0 Å². The van der Waals surface area contributed by atoms with Crippen molar-refractivity contribution in [3.05, 3.63) is 41.9 Å². The normalized spacial score (nSPS) is 16.1. The van der Waals surface area contributed by atoms with Crippen LogP contribution in [0.5, 0.6) is 0 Å². The highest BCUT2D eigenvalue weighted by atomic mass is 35.5. The quantitative estimate of drug-likeness (QED) is 0.783. The zero-order chi connectivity index (χ0) is 15.9. The number of nitrogens with zero attached hydrogens (tertiary/aromatic N) is 5. The maximum atomic E-state index is 6.36. The van der Waals surface area contributed by atoms with Gasteiger partial charge in [0, 0.05) is 0 Å². The van der Waals surface area contributed by atoms with Crippen molar-refractivity contribution >= 4 is 12.4 Å². The number of hydrogen-bond acceptors (Lipinski definition) is 6. The van der Waals surface area contributed by atoms with Gasteiger partial charge in [-0.05, 0) is 37.5 Å². The fourth-order valence-corrected chi connectivity index (χ4v) is 3.02. The van der Waals surface area contributed by atoms with Gasteiger partial charge in [-0.3, -0.25) is 0 Å². The summed E-state index contributed by atoms with van der Waals surface area (Å²) in [4.78, 5) is 4.44. The fourth-order valence-electron chi connectivity index (χ4n) is 3.02. The molecule has 0 atom stereocenters. The molecule has 24 heavy (non-hydrogen) atoms. The maximum Gasteiger partial charge on any atom is 0.280 e. The molecule has 4 rings (SSSR count). The highest BCUT2D eigenvalue weighted by Crippen LogP contribution is 2.35. The summed E-state index contributed by atoms with van der Waals surface area (Å²) < 4.78 is 7.04. The summed E-state index contributed by atoms with van der Waals surface area (Å²) in [6, 6.07) is 8.02.